The van der Waals surface area contributed by atoms with Crippen molar-refractivity contribution >= 4 is 28.9 Å². The second kappa shape index (κ2) is 6.13. The molecule has 0 spiro atoms. The Morgan fingerprint density at radius 2 is 2.00 bits per heavy atom. The first kappa shape index (κ1) is 17.4. The van der Waals surface area contributed by atoms with Crippen LogP contribution in [0.5, 0.6) is 5.88 Å². The SMILES string of the molecule is COC1(C(=O)Nc2ccc(C)c(Cl)c2)Oc2nc(C)cc(C)c2C1=N. The molecule has 0 saturated heterocycles. The molecule has 1 aromatic carbocycles. The van der Waals surface area contributed by atoms with E-state index in [4.69, 9.17) is 26.5 Å². The fourth-order valence-electron chi connectivity index (χ4n) is 2.81. The molecule has 0 bridgehead atoms. The van der Waals surface area contributed by atoms with Crippen molar-refractivity contribution in [1.82, 2.24) is 4.98 Å². The second-order valence-electron chi connectivity index (χ2n) is 5.98. The Morgan fingerprint density at radius 1 is 1.28 bits per heavy atom. The lowest BCUT2D eigenvalue weighted by atomic mass is 10.0. The molecule has 1 amide bonds. The molecule has 0 saturated carbocycles. The maximum atomic E-state index is 12.9. The number of nitrogens with zero attached hydrogens (tertiary/aromatic N) is 1. The van der Waals surface area contributed by atoms with E-state index in [1.165, 1.54) is 7.11 Å². The van der Waals surface area contributed by atoms with Crippen LogP contribution in [0.3, 0.4) is 0 Å². The minimum atomic E-state index is -1.88. The molecule has 0 radical (unpaired) electrons. The number of carbonyl (C=O) groups excluding carboxylic acids is 1. The maximum Gasteiger partial charge on any atom is 0.337 e. The van der Waals surface area contributed by atoms with Gasteiger partial charge in [-0.1, -0.05) is 17.7 Å². The number of anilines is 1. The lowest BCUT2D eigenvalue weighted by molar-refractivity contribution is -0.155. The van der Waals surface area contributed by atoms with E-state index in [1.54, 1.807) is 18.2 Å². The van der Waals surface area contributed by atoms with Crippen molar-refractivity contribution in [3.8, 4) is 5.88 Å². The highest BCUT2D eigenvalue weighted by Gasteiger charge is 2.54. The van der Waals surface area contributed by atoms with Crippen LogP contribution in [0.2, 0.25) is 5.02 Å². The summed E-state index contributed by atoms with van der Waals surface area (Å²) in [7, 11) is 1.32. The van der Waals surface area contributed by atoms with Crippen LogP contribution in [-0.4, -0.2) is 29.5 Å². The lowest BCUT2D eigenvalue weighted by Crippen LogP contribution is -2.53. The van der Waals surface area contributed by atoms with E-state index in [9.17, 15) is 4.79 Å². The molecule has 2 heterocycles. The molecule has 130 valence electrons. The van der Waals surface area contributed by atoms with Gasteiger partial charge in [0.1, 0.15) is 5.71 Å². The summed E-state index contributed by atoms with van der Waals surface area (Å²) in [6.45, 7) is 5.53. The minimum absolute atomic E-state index is 0.0780. The molecule has 2 aromatic rings. The number of fused-ring (bicyclic) bond motifs is 1. The summed E-state index contributed by atoms with van der Waals surface area (Å²) >= 11 is 6.10. The Bertz CT molecular complexity index is 897. The number of hydrogen-bond acceptors (Lipinski definition) is 5. The molecule has 0 fully saturated rings. The molecule has 3 rings (SSSR count). The normalized spacial score (nSPS) is 18.7. The van der Waals surface area contributed by atoms with Crippen LogP contribution in [0.4, 0.5) is 5.69 Å². The van der Waals surface area contributed by atoms with Crippen molar-refractivity contribution in [2.45, 2.75) is 26.6 Å². The first-order chi connectivity index (χ1) is 11.8. The predicted molar refractivity (Wildman–Crippen MR) is 95.7 cm³/mol. The maximum absolute atomic E-state index is 12.9. The van der Waals surface area contributed by atoms with E-state index in [1.807, 2.05) is 26.8 Å². The molecule has 1 atom stereocenters. The van der Waals surface area contributed by atoms with Gasteiger partial charge in [0.2, 0.25) is 5.88 Å². The van der Waals surface area contributed by atoms with Crippen LogP contribution in [-0.2, 0) is 9.53 Å². The van der Waals surface area contributed by atoms with Gasteiger partial charge in [-0.25, -0.2) is 4.98 Å². The van der Waals surface area contributed by atoms with Crippen molar-refractivity contribution in [2.24, 2.45) is 0 Å². The van der Waals surface area contributed by atoms with Crippen molar-refractivity contribution in [3.05, 3.63) is 51.7 Å². The average molecular weight is 360 g/mol. The summed E-state index contributed by atoms with van der Waals surface area (Å²) in [4.78, 5) is 17.1. The predicted octanol–water partition coefficient (Wildman–Crippen LogP) is 3.40. The summed E-state index contributed by atoms with van der Waals surface area (Å²) in [6.07, 6.45) is 0. The zero-order chi connectivity index (χ0) is 18.4. The van der Waals surface area contributed by atoms with Gasteiger partial charge in [-0.3, -0.25) is 10.2 Å². The third kappa shape index (κ3) is 2.77. The summed E-state index contributed by atoms with van der Waals surface area (Å²) in [6, 6.07) is 6.99. The molecule has 25 heavy (non-hydrogen) atoms. The zero-order valence-corrected chi connectivity index (χ0v) is 15.1. The number of benzene rings is 1. The number of aryl methyl sites for hydroxylation is 3. The molecule has 2 N–H and O–H groups in total. The zero-order valence-electron chi connectivity index (χ0n) is 14.4. The molecule has 1 aliphatic heterocycles. The highest BCUT2D eigenvalue weighted by Crippen LogP contribution is 2.37. The molecule has 6 nitrogen and oxygen atoms in total. The van der Waals surface area contributed by atoms with Gasteiger partial charge in [-0.05, 0) is 50.1 Å². The number of aromatic nitrogens is 1. The molecular weight excluding hydrogens is 342 g/mol. The standard InChI is InChI=1S/C18H18ClN3O3/c1-9-5-6-12(8-13(9)19)22-17(23)18(24-4)15(20)14-10(2)7-11(3)21-16(14)25-18/h5-8,20H,1-4H3,(H,22,23). The first-order valence-electron chi connectivity index (χ1n) is 7.68. The van der Waals surface area contributed by atoms with Gasteiger partial charge in [0.25, 0.3) is 0 Å². The third-order valence-corrected chi connectivity index (χ3v) is 4.55. The van der Waals surface area contributed by atoms with Gasteiger partial charge in [-0.15, -0.1) is 0 Å². The number of halogens is 1. The van der Waals surface area contributed by atoms with E-state index in [-0.39, 0.29) is 11.6 Å². The van der Waals surface area contributed by atoms with Crippen molar-refractivity contribution in [3.63, 3.8) is 0 Å². The van der Waals surface area contributed by atoms with Crippen LogP contribution in [0.15, 0.2) is 24.3 Å². The quantitative estimate of drug-likeness (QED) is 0.879. The van der Waals surface area contributed by atoms with Gasteiger partial charge in [-0.2, -0.15) is 0 Å². The fourth-order valence-corrected chi connectivity index (χ4v) is 2.99. The van der Waals surface area contributed by atoms with Gasteiger partial charge >= 0.3 is 11.7 Å². The number of amides is 1. The number of rotatable bonds is 3. The fraction of sp³-hybridized carbons (Fsp3) is 0.278. The summed E-state index contributed by atoms with van der Waals surface area (Å²) in [5.74, 6) is -2.28. The van der Waals surface area contributed by atoms with Crippen LogP contribution >= 0.6 is 11.6 Å². The van der Waals surface area contributed by atoms with Crippen LogP contribution in [0, 0.1) is 26.2 Å². The summed E-state index contributed by atoms with van der Waals surface area (Å²) < 4.78 is 11.0. The molecule has 1 aromatic heterocycles. The number of hydrogen-bond donors (Lipinski definition) is 2. The van der Waals surface area contributed by atoms with E-state index >= 15 is 0 Å². The van der Waals surface area contributed by atoms with Crippen LogP contribution in [0.1, 0.15) is 22.4 Å². The number of carbonyl (C=O) groups is 1. The Labute approximate surface area is 150 Å². The monoisotopic (exact) mass is 359 g/mol. The Hall–Kier alpha value is -2.44. The van der Waals surface area contributed by atoms with Crippen molar-refractivity contribution in [2.75, 3.05) is 12.4 Å². The summed E-state index contributed by atoms with van der Waals surface area (Å²) in [5, 5.41) is 11.7. The Kier molecular flexibility index (Phi) is 4.26. The molecule has 1 unspecified atom stereocenters. The largest absolute Gasteiger partial charge is 0.430 e. The third-order valence-electron chi connectivity index (χ3n) is 4.15. The van der Waals surface area contributed by atoms with E-state index in [2.05, 4.69) is 10.3 Å². The van der Waals surface area contributed by atoms with Gasteiger partial charge < -0.3 is 14.8 Å². The number of methoxy groups -OCH3 is 1. The van der Waals surface area contributed by atoms with E-state index in [0.29, 0.717) is 16.3 Å². The molecule has 1 aliphatic rings. The average Bonchev–Trinajstić information content (AvgIpc) is 2.84. The first-order valence-corrected chi connectivity index (χ1v) is 8.05. The smallest absolute Gasteiger partial charge is 0.337 e. The highest BCUT2D eigenvalue weighted by atomic mass is 35.5. The minimum Gasteiger partial charge on any atom is -0.430 e. The summed E-state index contributed by atoms with van der Waals surface area (Å²) in [5.41, 5.74) is 3.33. The van der Waals surface area contributed by atoms with Gasteiger partial charge in [0, 0.05) is 23.5 Å². The Morgan fingerprint density at radius 3 is 2.64 bits per heavy atom. The van der Waals surface area contributed by atoms with Gasteiger partial charge in [0.05, 0.1) is 5.56 Å². The number of nitrogens with one attached hydrogen (secondary N) is 2. The van der Waals surface area contributed by atoms with Crippen molar-refractivity contribution < 1.29 is 14.3 Å². The van der Waals surface area contributed by atoms with Crippen molar-refractivity contribution in [1.29, 1.82) is 5.41 Å². The lowest BCUT2D eigenvalue weighted by Gasteiger charge is -2.25. The molecular formula is C18H18ClN3O3. The number of ether oxygens (including phenoxy) is 2. The molecule has 7 heteroatoms. The van der Waals surface area contributed by atoms with E-state index in [0.717, 1.165) is 16.8 Å². The Balaban J connectivity index is 1.96. The van der Waals surface area contributed by atoms with Gasteiger partial charge in [0.15, 0.2) is 0 Å². The number of pyridine rings is 1. The molecule has 0 aliphatic carbocycles. The van der Waals surface area contributed by atoms with E-state index < -0.39 is 11.7 Å². The topological polar surface area (TPSA) is 84.3 Å². The van der Waals surface area contributed by atoms with Crippen LogP contribution < -0.4 is 10.1 Å². The van der Waals surface area contributed by atoms with Crippen LogP contribution in [0.25, 0.3) is 0 Å². The highest BCUT2D eigenvalue weighted by molar-refractivity contribution is 6.31. The second-order valence-corrected chi connectivity index (χ2v) is 6.38.